The quantitative estimate of drug-likeness (QED) is 0.764. The van der Waals surface area contributed by atoms with Crippen LogP contribution < -0.4 is 5.32 Å². The van der Waals surface area contributed by atoms with E-state index in [-0.39, 0.29) is 11.8 Å². The molecule has 1 atom stereocenters. The van der Waals surface area contributed by atoms with E-state index in [0.717, 1.165) is 18.7 Å². The van der Waals surface area contributed by atoms with E-state index in [4.69, 9.17) is 0 Å². The van der Waals surface area contributed by atoms with Gasteiger partial charge in [-0.1, -0.05) is 12.1 Å². The van der Waals surface area contributed by atoms with E-state index in [2.05, 4.69) is 15.6 Å². The summed E-state index contributed by atoms with van der Waals surface area (Å²) in [5.74, 6) is 0.0561. The fourth-order valence-electron chi connectivity index (χ4n) is 1.54. The molecule has 0 saturated heterocycles. The molecule has 1 aromatic rings. The molecule has 0 saturated carbocycles. The summed E-state index contributed by atoms with van der Waals surface area (Å²) in [4.78, 5) is 0. The average Bonchev–Trinajstić information content (AvgIpc) is 2.61. The lowest BCUT2D eigenvalue weighted by atomic mass is 10.2. The molecular weight excluding hydrogens is 228 g/mol. The molecule has 0 aliphatic carbocycles. The Morgan fingerprint density at radius 3 is 2.75 bits per heavy atom. The van der Waals surface area contributed by atoms with E-state index in [1.165, 1.54) is 6.26 Å². The predicted octanol–water partition coefficient (Wildman–Crippen LogP) is -0.00680. The van der Waals surface area contributed by atoms with Crippen molar-refractivity contribution in [2.45, 2.75) is 25.9 Å². The van der Waals surface area contributed by atoms with Crippen LogP contribution >= 0.6 is 0 Å². The molecule has 6 nitrogen and oxygen atoms in total. The van der Waals surface area contributed by atoms with Crippen LogP contribution in [0.25, 0.3) is 0 Å². The topological polar surface area (TPSA) is 76.9 Å². The first kappa shape index (κ1) is 13.1. The third kappa shape index (κ3) is 3.57. The first-order chi connectivity index (χ1) is 7.48. The van der Waals surface area contributed by atoms with E-state index in [1.54, 1.807) is 17.9 Å². The van der Waals surface area contributed by atoms with Gasteiger partial charge in [-0.3, -0.25) is 0 Å². The van der Waals surface area contributed by atoms with Crippen LogP contribution in [0.3, 0.4) is 0 Å². The maximum absolute atomic E-state index is 11.3. The Balaban J connectivity index is 2.90. The molecule has 92 valence electrons. The standard InChI is InChI=1S/C9H18N4O2S/c1-4-5-13-9(6-11-12-13)8(10-2)7-16(3,14)15/h6,8,10H,4-5,7H2,1-3H3. The van der Waals surface area contributed by atoms with Crippen LogP contribution in [0.1, 0.15) is 25.1 Å². The summed E-state index contributed by atoms with van der Waals surface area (Å²) in [6.45, 7) is 2.79. The molecule has 0 amide bonds. The van der Waals surface area contributed by atoms with Crippen LogP contribution in [0.5, 0.6) is 0 Å². The third-order valence-electron chi connectivity index (χ3n) is 2.26. The normalized spacial score (nSPS) is 13.9. The van der Waals surface area contributed by atoms with Gasteiger partial charge < -0.3 is 5.32 Å². The second-order valence-electron chi connectivity index (χ2n) is 3.82. The van der Waals surface area contributed by atoms with Gasteiger partial charge in [0.25, 0.3) is 0 Å². The van der Waals surface area contributed by atoms with Crippen LogP contribution in [0.15, 0.2) is 6.20 Å². The van der Waals surface area contributed by atoms with Crippen LogP contribution in [-0.4, -0.2) is 42.5 Å². The molecule has 0 radical (unpaired) electrons. The van der Waals surface area contributed by atoms with Gasteiger partial charge >= 0.3 is 0 Å². The molecule has 1 heterocycles. The summed E-state index contributed by atoms with van der Waals surface area (Å²) in [5, 5.41) is 10.7. The van der Waals surface area contributed by atoms with Gasteiger partial charge in [0.05, 0.1) is 23.7 Å². The van der Waals surface area contributed by atoms with Crippen molar-refractivity contribution in [3.63, 3.8) is 0 Å². The number of aromatic nitrogens is 3. The van der Waals surface area contributed by atoms with Crippen LogP contribution in [0, 0.1) is 0 Å². The van der Waals surface area contributed by atoms with Gasteiger partial charge in [-0.05, 0) is 13.5 Å². The van der Waals surface area contributed by atoms with E-state index in [1.807, 2.05) is 6.92 Å². The fraction of sp³-hybridized carbons (Fsp3) is 0.778. The summed E-state index contributed by atoms with van der Waals surface area (Å²) in [7, 11) is -1.29. The van der Waals surface area contributed by atoms with Crippen molar-refractivity contribution >= 4 is 9.84 Å². The Kier molecular flexibility index (Phi) is 4.43. The maximum Gasteiger partial charge on any atom is 0.149 e. The molecule has 0 fully saturated rings. The second kappa shape index (κ2) is 5.40. The number of nitrogens with zero attached hydrogens (tertiary/aromatic N) is 3. The highest BCUT2D eigenvalue weighted by molar-refractivity contribution is 7.90. The van der Waals surface area contributed by atoms with Crippen molar-refractivity contribution in [3.05, 3.63) is 11.9 Å². The molecule has 1 aromatic heterocycles. The fourth-order valence-corrected chi connectivity index (χ4v) is 2.48. The lowest BCUT2D eigenvalue weighted by molar-refractivity contribution is 0.507. The lowest BCUT2D eigenvalue weighted by Gasteiger charge is -2.15. The molecule has 1 rings (SSSR count). The predicted molar refractivity (Wildman–Crippen MR) is 61.8 cm³/mol. The molecule has 0 aliphatic heterocycles. The minimum Gasteiger partial charge on any atom is -0.311 e. The van der Waals surface area contributed by atoms with Crippen molar-refractivity contribution < 1.29 is 8.42 Å². The maximum atomic E-state index is 11.3. The monoisotopic (exact) mass is 246 g/mol. The third-order valence-corrected chi connectivity index (χ3v) is 3.20. The molecular formula is C9H18N4O2S. The van der Waals surface area contributed by atoms with Gasteiger partial charge in [0.1, 0.15) is 9.84 Å². The van der Waals surface area contributed by atoms with Gasteiger partial charge in [0.15, 0.2) is 0 Å². The smallest absolute Gasteiger partial charge is 0.149 e. The minimum absolute atomic E-state index is 0.0561. The number of sulfone groups is 1. The van der Waals surface area contributed by atoms with E-state index in [0.29, 0.717) is 0 Å². The lowest BCUT2D eigenvalue weighted by Crippen LogP contribution is -2.27. The van der Waals surface area contributed by atoms with Gasteiger partial charge in [-0.2, -0.15) is 0 Å². The molecule has 0 spiro atoms. The first-order valence-electron chi connectivity index (χ1n) is 5.21. The van der Waals surface area contributed by atoms with Crippen LogP contribution in [0.4, 0.5) is 0 Å². The number of aryl methyl sites for hydroxylation is 1. The molecule has 0 aromatic carbocycles. The Morgan fingerprint density at radius 1 is 1.56 bits per heavy atom. The highest BCUT2D eigenvalue weighted by Gasteiger charge is 2.19. The number of rotatable bonds is 6. The molecule has 0 aliphatic rings. The van der Waals surface area contributed by atoms with Crippen molar-refractivity contribution in [3.8, 4) is 0 Å². The Morgan fingerprint density at radius 2 is 2.25 bits per heavy atom. The molecule has 7 heteroatoms. The zero-order valence-electron chi connectivity index (χ0n) is 9.84. The minimum atomic E-state index is -3.02. The van der Waals surface area contributed by atoms with Gasteiger partial charge in [0.2, 0.25) is 0 Å². The molecule has 1 unspecified atom stereocenters. The molecule has 1 N–H and O–H groups in total. The van der Waals surface area contributed by atoms with Crippen LogP contribution in [0.2, 0.25) is 0 Å². The summed E-state index contributed by atoms with van der Waals surface area (Å²) < 4.78 is 24.3. The zero-order valence-corrected chi connectivity index (χ0v) is 10.7. The zero-order chi connectivity index (χ0) is 12.2. The second-order valence-corrected chi connectivity index (χ2v) is 6.00. The van der Waals surface area contributed by atoms with Crippen molar-refractivity contribution in [1.29, 1.82) is 0 Å². The Hall–Kier alpha value is -0.950. The van der Waals surface area contributed by atoms with Gasteiger partial charge in [-0.15, -0.1) is 5.10 Å². The van der Waals surface area contributed by atoms with Crippen LogP contribution in [-0.2, 0) is 16.4 Å². The highest BCUT2D eigenvalue weighted by atomic mass is 32.2. The van der Waals surface area contributed by atoms with Crippen molar-refractivity contribution in [1.82, 2.24) is 20.3 Å². The summed E-state index contributed by atoms with van der Waals surface area (Å²) in [6.07, 6.45) is 3.78. The Bertz CT molecular complexity index is 426. The summed E-state index contributed by atoms with van der Waals surface area (Å²) >= 11 is 0. The van der Waals surface area contributed by atoms with Gasteiger partial charge in [-0.25, -0.2) is 13.1 Å². The number of hydrogen-bond acceptors (Lipinski definition) is 5. The van der Waals surface area contributed by atoms with Crippen molar-refractivity contribution in [2.75, 3.05) is 19.1 Å². The molecule has 16 heavy (non-hydrogen) atoms. The van der Waals surface area contributed by atoms with Crippen molar-refractivity contribution in [2.24, 2.45) is 0 Å². The van der Waals surface area contributed by atoms with E-state index < -0.39 is 9.84 Å². The summed E-state index contributed by atoms with van der Waals surface area (Å²) in [6, 6.07) is -0.253. The number of hydrogen-bond donors (Lipinski definition) is 1. The van der Waals surface area contributed by atoms with E-state index >= 15 is 0 Å². The Labute approximate surface area is 96.0 Å². The molecule has 0 bridgehead atoms. The average molecular weight is 246 g/mol. The highest BCUT2D eigenvalue weighted by Crippen LogP contribution is 2.13. The van der Waals surface area contributed by atoms with Gasteiger partial charge in [0, 0.05) is 12.8 Å². The number of nitrogens with one attached hydrogen (secondary N) is 1. The SMILES string of the molecule is CCCn1nncc1C(CS(C)(=O)=O)NC. The first-order valence-corrected chi connectivity index (χ1v) is 7.27. The van der Waals surface area contributed by atoms with E-state index in [9.17, 15) is 8.42 Å². The largest absolute Gasteiger partial charge is 0.311 e. The summed E-state index contributed by atoms with van der Waals surface area (Å²) in [5.41, 5.74) is 0.815.